The van der Waals surface area contributed by atoms with E-state index in [9.17, 15) is 9.32 Å². The van der Waals surface area contributed by atoms with Crippen molar-refractivity contribution in [2.45, 2.75) is 25.5 Å². The second kappa shape index (κ2) is 4.57. The number of aromatic hydroxyl groups is 1. The highest BCUT2D eigenvalue weighted by molar-refractivity contribution is 7.85. The average molecular weight is 225 g/mol. The van der Waals surface area contributed by atoms with E-state index in [0.29, 0.717) is 5.56 Å². The van der Waals surface area contributed by atoms with Gasteiger partial charge in [-0.25, -0.2) is 4.21 Å². The molecule has 1 N–H and O–H groups in total. The topological polar surface area (TPSA) is 49.7 Å². The highest BCUT2D eigenvalue weighted by Crippen LogP contribution is 2.15. The Labute approximate surface area is 92.5 Å². The zero-order chi connectivity index (χ0) is 11.5. The number of hydrogen-bond donors (Lipinski definition) is 1. The molecule has 3 nitrogen and oxygen atoms in total. The van der Waals surface area contributed by atoms with Gasteiger partial charge in [-0.3, -0.25) is 0 Å². The van der Waals surface area contributed by atoms with Gasteiger partial charge in [0, 0.05) is 11.8 Å². The first-order valence-corrected chi connectivity index (χ1v) is 5.76. The molecule has 0 aromatic heterocycles. The van der Waals surface area contributed by atoms with Gasteiger partial charge in [0.2, 0.25) is 0 Å². The first-order valence-electron chi connectivity index (χ1n) is 4.65. The Kier molecular flexibility index (Phi) is 3.63. The van der Waals surface area contributed by atoms with Crippen LogP contribution in [-0.2, 0) is 11.0 Å². The number of rotatable bonds is 2. The second-order valence-electron chi connectivity index (χ2n) is 4.15. The molecule has 1 unspecified atom stereocenters. The van der Waals surface area contributed by atoms with Crippen molar-refractivity contribution in [2.24, 2.45) is 4.40 Å². The highest BCUT2D eigenvalue weighted by atomic mass is 32.2. The van der Waals surface area contributed by atoms with Gasteiger partial charge in [-0.1, -0.05) is 12.1 Å². The maximum atomic E-state index is 11.6. The van der Waals surface area contributed by atoms with Gasteiger partial charge in [0.1, 0.15) is 16.7 Å². The van der Waals surface area contributed by atoms with Crippen molar-refractivity contribution in [3.8, 4) is 5.75 Å². The quantitative estimate of drug-likeness (QED) is 0.785. The van der Waals surface area contributed by atoms with Crippen molar-refractivity contribution in [1.29, 1.82) is 0 Å². The van der Waals surface area contributed by atoms with Gasteiger partial charge in [-0.15, -0.1) is 0 Å². The van der Waals surface area contributed by atoms with Crippen LogP contribution in [0.1, 0.15) is 26.3 Å². The number of benzene rings is 1. The molecule has 0 heterocycles. The molecule has 4 heteroatoms. The van der Waals surface area contributed by atoms with E-state index in [1.165, 1.54) is 6.21 Å². The third-order valence-electron chi connectivity index (χ3n) is 1.75. The SMILES string of the molecule is CC(C)(C)S(=O)N=Cc1ccccc1O. The van der Waals surface area contributed by atoms with Crippen LogP contribution >= 0.6 is 0 Å². The van der Waals surface area contributed by atoms with E-state index in [1.807, 2.05) is 20.8 Å². The maximum absolute atomic E-state index is 11.6. The van der Waals surface area contributed by atoms with E-state index in [2.05, 4.69) is 4.40 Å². The molecule has 0 amide bonds. The maximum Gasteiger partial charge on any atom is 0.144 e. The lowest BCUT2D eigenvalue weighted by atomic mass is 10.2. The Morgan fingerprint density at radius 3 is 2.47 bits per heavy atom. The largest absolute Gasteiger partial charge is 0.507 e. The molecule has 0 aliphatic rings. The molecule has 15 heavy (non-hydrogen) atoms. The van der Waals surface area contributed by atoms with Crippen LogP contribution in [0.2, 0.25) is 0 Å². The minimum absolute atomic E-state index is 0.146. The average Bonchev–Trinajstić information content (AvgIpc) is 2.14. The number of phenolic OH excluding ortho intramolecular Hbond substituents is 1. The van der Waals surface area contributed by atoms with Crippen molar-refractivity contribution in [3.05, 3.63) is 29.8 Å². The summed E-state index contributed by atoms with van der Waals surface area (Å²) in [5, 5.41) is 9.44. The van der Waals surface area contributed by atoms with Crippen molar-refractivity contribution >= 4 is 17.2 Å². The molecule has 1 rings (SSSR count). The van der Waals surface area contributed by atoms with Crippen LogP contribution in [0, 0.1) is 0 Å². The lowest BCUT2D eigenvalue weighted by molar-refractivity contribution is 0.474. The Bertz CT molecular complexity index is 394. The summed E-state index contributed by atoms with van der Waals surface area (Å²) in [5.41, 5.74) is 0.579. The fraction of sp³-hybridized carbons (Fsp3) is 0.364. The van der Waals surface area contributed by atoms with E-state index in [-0.39, 0.29) is 10.5 Å². The molecular weight excluding hydrogens is 210 g/mol. The van der Waals surface area contributed by atoms with Crippen LogP contribution in [0.15, 0.2) is 28.7 Å². The minimum atomic E-state index is -1.29. The molecule has 0 aliphatic carbocycles. The van der Waals surface area contributed by atoms with E-state index >= 15 is 0 Å². The lowest BCUT2D eigenvalue weighted by Gasteiger charge is -2.12. The van der Waals surface area contributed by atoms with Crippen molar-refractivity contribution in [3.63, 3.8) is 0 Å². The molecule has 1 aromatic carbocycles. The smallest absolute Gasteiger partial charge is 0.144 e. The number of para-hydroxylation sites is 1. The zero-order valence-corrected chi connectivity index (χ0v) is 9.91. The van der Waals surface area contributed by atoms with Gasteiger partial charge in [0.05, 0.1) is 4.75 Å². The number of nitrogens with zero attached hydrogens (tertiary/aromatic N) is 1. The first kappa shape index (κ1) is 11.9. The van der Waals surface area contributed by atoms with Crippen LogP contribution in [-0.4, -0.2) is 20.3 Å². The number of phenols is 1. The van der Waals surface area contributed by atoms with Gasteiger partial charge in [0.25, 0.3) is 0 Å². The van der Waals surface area contributed by atoms with Crippen LogP contribution in [0.3, 0.4) is 0 Å². The summed E-state index contributed by atoms with van der Waals surface area (Å²) in [4.78, 5) is 0. The Morgan fingerprint density at radius 1 is 1.33 bits per heavy atom. The molecule has 0 spiro atoms. The standard InChI is InChI=1S/C11H15NO2S/c1-11(2,3)15(14)12-8-9-6-4-5-7-10(9)13/h4-8,13H,1-3H3. The monoisotopic (exact) mass is 225 g/mol. The molecule has 1 atom stereocenters. The van der Waals surface area contributed by atoms with Crippen LogP contribution in [0.4, 0.5) is 0 Å². The van der Waals surface area contributed by atoms with E-state index in [1.54, 1.807) is 24.3 Å². The normalized spacial score (nSPS) is 14.3. The van der Waals surface area contributed by atoms with E-state index in [4.69, 9.17) is 0 Å². The molecule has 82 valence electrons. The van der Waals surface area contributed by atoms with Crippen molar-refractivity contribution < 1.29 is 9.32 Å². The van der Waals surface area contributed by atoms with Crippen molar-refractivity contribution in [2.75, 3.05) is 0 Å². The number of hydrogen-bond acceptors (Lipinski definition) is 2. The van der Waals surface area contributed by atoms with Gasteiger partial charge in [-0.2, -0.15) is 4.40 Å². The van der Waals surface area contributed by atoms with E-state index < -0.39 is 11.0 Å². The molecule has 0 saturated heterocycles. The molecular formula is C11H15NO2S. The molecule has 0 bridgehead atoms. The molecule has 0 radical (unpaired) electrons. The first-order chi connectivity index (χ1) is 6.91. The zero-order valence-electron chi connectivity index (χ0n) is 9.10. The highest BCUT2D eigenvalue weighted by Gasteiger charge is 2.18. The molecule has 0 aliphatic heterocycles. The van der Waals surface area contributed by atoms with Crippen LogP contribution in [0.5, 0.6) is 5.75 Å². The van der Waals surface area contributed by atoms with Gasteiger partial charge in [0.15, 0.2) is 0 Å². The summed E-state index contributed by atoms with van der Waals surface area (Å²) < 4.78 is 15.1. The Morgan fingerprint density at radius 2 is 1.93 bits per heavy atom. The fourth-order valence-corrected chi connectivity index (χ4v) is 1.38. The Hall–Kier alpha value is -1.16. The Balaban J connectivity index is 2.84. The third-order valence-corrected chi connectivity index (χ3v) is 3.09. The summed E-state index contributed by atoms with van der Waals surface area (Å²) in [5.74, 6) is 0.146. The predicted octanol–water partition coefficient (Wildman–Crippen LogP) is 2.27. The van der Waals surface area contributed by atoms with Crippen LogP contribution < -0.4 is 0 Å². The fourth-order valence-electron chi connectivity index (χ4n) is 0.859. The summed E-state index contributed by atoms with van der Waals surface area (Å²) in [6, 6.07) is 6.81. The summed E-state index contributed by atoms with van der Waals surface area (Å²) in [7, 11) is -1.29. The third kappa shape index (κ3) is 3.47. The van der Waals surface area contributed by atoms with Crippen molar-refractivity contribution in [1.82, 2.24) is 0 Å². The molecule has 0 saturated carbocycles. The second-order valence-corrected chi connectivity index (χ2v) is 6.09. The predicted molar refractivity (Wildman–Crippen MR) is 63.6 cm³/mol. The van der Waals surface area contributed by atoms with Gasteiger partial charge >= 0.3 is 0 Å². The minimum Gasteiger partial charge on any atom is -0.507 e. The summed E-state index contributed by atoms with van der Waals surface area (Å²) in [6.07, 6.45) is 1.44. The molecule has 0 fully saturated rings. The van der Waals surface area contributed by atoms with Gasteiger partial charge < -0.3 is 5.11 Å². The van der Waals surface area contributed by atoms with E-state index in [0.717, 1.165) is 0 Å². The van der Waals surface area contributed by atoms with Crippen LogP contribution in [0.25, 0.3) is 0 Å². The summed E-state index contributed by atoms with van der Waals surface area (Å²) >= 11 is 0. The summed E-state index contributed by atoms with van der Waals surface area (Å²) in [6.45, 7) is 5.56. The molecule has 1 aromatic rings. The van der Waals surface area contributed by atoms with Gasteiger partial charge in [-0.05, 0) is 32.9 Å². The lowest BCUT2D eigenvalue weighted by Crippen LogP contribution is -2.19.